The molecule has 7 rings (SSSR count). The summed E-state index contributed by atoms with van der Waals surface area (Å²) in [5.41, 5.74) is -2.94. The summed E-state index contributed by atoms with van der Waals surface area (Å²) in [7, 11) is 2.69. The molecule has 0 aromatic heterocycles. The van der Waals surface area contributed by atoms with Crippen molar-refractivity contribution in [3.8, 4) is 0 Å². The predicted molar refractivity (Wildman–Crippen MR) is 380 cm³/mol. The van der Waals surface area contributed by atoms with Gasteiger partial charge in [-0.15, -0.1) is 0 Å². The number of nitrogens with zero attached hydrogens (tertiary/aromatic N) is 2. The zero-order valence-electron chi connectivity index (χ0n) is 63.5. The summed E-state index contributed by atoms with van der Waals surface area (Å²) >= 11 is 0. The van der Waals surface area contributed by atoms with Crippen molar-refractivity contribution in [2.75, 3.05) is 39.1 Å². The molecule has 0 spiro atoms. The van der Waals surface area contributed by atoms with E-state index >= 15 is 9.59 Å². The minimum atomic E-state index is -2.62. The lowest BCUT2D eigenvalue weighted by molar-refractivity contribution is -0.346. The first-order valence-corrected chi connectivity index (χ1v) is 35.9. The number of unbranched alkanes of at least 4 members (excludes halogenated alkanes) is 2. The van der Waals surface area contributed by atoms with Gasteiger partial charge in [-0.3, -0.25) is 38.5 Å². The second-order valence-electron chi connectivity index (χ2n) is 30.9. The normalized spacial score (nSPS) is 25.5. The van der Waals surface area contributed by atoms with Crippen LogP contribution < -0.4 is 27.0 Å². The Labute approximate surface area is 617 Å². The number of aliphatic hydroxyl groups excluding tert-OH is 1. The molecule has 2 bridgehead atoms. The van der Waals surface area contributed by atoms with Gasteiger partial charge < -0.3 is 80.0 Å². The molecule has 4 fully saturated rings. The van der Waals surface area contributed by atoms with Crippen LogP contribution in [0.1, 0.15) is 176 Å². The van der Waals surface area contributed by atoms with E-state index in [-0.39, 0.29) is 97.1 Å². The molecule has 2 heterocycles. The molecule has 2 aromatic rings. The van der Waals surface area contributed by atoms with E-state index in [9.17, 15) is 63.0 Å². The number of ketones is 2. The zero-order chi connectivity index (χ0) is 78.9. The van der Waals surface area contributed by atoms with Gasteiger partial charge in [0.25, 0.3) is 0 Å². The highest BCUT2D eigenvalue weighted by atomic mass is 16.7. The highest BCUT2D eigenvalue weighted by Crippen LogP contribution is 2.65. The average Bonchev–Trinajstić information content (AvgIpc) is 0.698. The van der Waals surface area contributed by atoms with E-state index in [1.165, 1.54) is 89.2 Å². The van der Waals surface area contributed by atoms with Gasteiger partial charge in [-0.1, -0.05) is 82.5 Å². The first-order valence-electron chi connectivity index (χ1n) is 35.9. The lowest BCUT2D eigenvalue weighted by Gasteiger charge is -2.67. The number of likely N-dealkylation sites (tertiary alicyclic amines) is 1. The number of carbonyl (C=O) groups excluding carboxylic acids is 13. The number of rotatable bonds is 29. The molecule has 106 heavy (non-hydrogen) atoms. The number of anilines is 1. The van der Waals surface area contributed by atoms with Crippen LogP contribution in [0.3, 0.4) is 0 Å². The number of allylic oxidation sites excluding steroid dienone is 1. The molecule has 2 aliphatic heterocycles. The molecule has 1 unspecified atom stereocenters. The number of aliphatic hydroxyl groups is 2. The van der Waals surface area contributed by atoms with Crippen LogP contribution in [0, 0.1) is 41.4 Å². The zero-order valence-corrected chi connectivity index (χ0v) is 63.5. The van der Waals surface area contributed by atoms with Gasteiger partial charge in [0, 0.05) is 89.2 Å². The van der Waals surface area contributed by atoms with Gasteiger partial charge >= 0.3 is 42.3 Å². The van der Waals surface area contributed by atoms with Crippen LogP contribution in [0.25, 0.3) is 0 Å². The van der Waals surface area contributed by atoms with Crippen molar-refractivity contribution in [3.05, 3.63) is 88.0 Å². The van der Waals surface area contributed by atoms with E-state index in [4.69, 9.17) is 43.6 Å². The topological polar surface area (TPSA) is 417 Å². The van der Waals surface area contributed by atoms with Gasteiger partial charge in [-0.25, -0.2) is 28.8 Å². The van der Waals surface area contributed by atoms with E-state index in [0.717, 1.165) is 11.8 Å². The summed E-state index contributed by atoms with van der Waals surface area (Å²) in [6.45, 7) is 21.4. The molecule has 30 nitrogen and oxygen atoms in total. The number of alkyl carbamates (subject to hydrolysis) is 1. The van der Waals surface area contributed by atoms with Crippen LogP contribution >= 0.6 is 0 Å². The number of urea groups is 1. The van der Waals surface area contributed by atoms with Gasteiger partial charge in [0.15, 0.2) is 29.4 Å². The summed E-state index contributed by atoms with van der Waals surface area (Å²) in [6.07, 6.45) is -12.3. The summed E-state index contributed by atoms with van der Waals surface area (Å²) in [5.74, 6) is -9.62. The second kappa shape index (κ2) is 34.5. The number of nitrogens with one attached hydrogen (secondary N) is 4. The highest BCUT2D eigenvalue weighted by molar-refractivity contribution is 6.03. The number of benzene rings is 2. The molecular weight excluding hydrogens is 1380 g/mol. The fourth-order valence-electron chi connectivity index (χ4n) is 14.9. The standard InChI is InChI=1S/C76H105N7O23/c1-40(2)32-50(80-69(95)106-72(9,10)11)59(88)67(93)101-52-37-76(98)63(104-66(92)48-23-20-22-42(5)33-48)61-74(14,62(89)60(103-70(96)82(15)16)57(44(52)7)73(76,12)13)53(36-54-75(61,39-100-54)105-45(8)84)102-71(97)99-38-46-26-28-49(29-27-46)79-64(90)47(24-21-30-78-68(77)94)35-51(85)58(41(3)4)81-55(86)25-18-17-19-31-83-56(87)34-43(6)65(83)91/h20,22-23,26-29,32-33,41,43,47,50,52-54,58-61,63,88,98H,17-19,21,24-25,30-31,34-39H2,1-16H3,(H,79,90)(H,80,95)(H,81,86)(H3,77,78,94)/t43?,47-,50+,52+,53+,54-,58+,59-,60-,61+,63+,74-,75+,76-/m1/s1. The largest absolute Gasteiger partial charge is 0.508 e. The van der Waals surface area contributed by atoms with E-state index in [1.807, 2.05) is 0 Å². The SMILES string of the molecule is CC(=O)O[C@@]12CO[C@@H]1C[C@H](OC(=O)OCc1ccc(NC(=O)[C@H](CCCNC(N)=O)CC(=O)[C@@H](NC(=O)CCCCCN3C(=O)CC(C)C3=O)C(C)C)cc1)[C@@]1(C)C(=O)[C@H](OC(=O)N(C)C)C3=C(C)[C@@H](OC(=O)[C@H](O)[C@H](C=C(C)C)NC(=O)OC(C)(C)C)C[C@@](O)([C@@H](OC(=O)c4cccc(C)c4)[C@H]21)C3(C)C. The molecule has 0 radical (unpaired) electrons. The number of hydrogen-bond acceptors (Lipinski definition) is 23. The first kappa shape index (κ1) is 84.0. The summed E-state index contributed by atoms with van der Waals surface area (Å²) in [6, 6.07) is 9.10. The van der Waals surface area contributed by atoms with Crippen molar-refractivity contribution in [1.82, 2.24) is 25.8 Å². The van der Waals surface area contributed by atoms with Gasteiger partial charge in [0.2, 0.25) is 23.6 Å². The van der Waals surface area contributed by atoms with Crippen LogP contribution in [0.5, 0.6) is 0 Å². The van der Waals surface area contributed by atoms with Gasteiger partial charge in [0.05, 0.1) is 35.6 Å². The minimum absolute atomic E-state index is 0.0246. The highest BCUT2D eigenvalue weighted by Gasteiger charge is 2.79. The summed E-state index contributed by atoms with van der Waals surface area (Å²) < 4.78 is 48.9. The second-order valence-corrected chi connectivity index (χ2v) is 30.9. The third kappa shape index (κ3) is 19.5. The van der Waals surface area contributed by atoms with E-state index in [1.54, 1.807) is 74.4 Å². The van der Waals surface area contributed by atoms with Crippen molar-refractivity contribution < 1.29 is 110 Å². The molecule has 14 atom stereocenters. The Balaban J connectivity index is 1.18. The summed E-state index contributed by atoms with van der Waals surface area (Å²) in [5, 5.41) is 36.7. The number of Topliss-reactive ketones (excluding diaryl/α,β-unsaturated/α-hetero) is 2. The van der Waals surface area contributed by atoms with Crippen LogP contribution in [0.2, 0.25) is 0 Å². The summed E-state index contributed by atoms with van der Waals surface area (Å²) in [4.78, 5) is 182. The lowest BCUT2D eigenvalue weighted by atomic mass is 9.44. The maximum absolute atomic E-state index is 16.7. The van der Waals surface area contributed by atoms with Crippen LogP contribution in [0.4, 0.5) is 24.9 Å². The van der Waals surface area contributed by atoms with Gasteiger partial charge in [-0.05, 0) is 128 Å². The van der Waals surface area contributed by atoms with E-state index < -0.39 is 174 Å². The predicted octanol–water partition coefficient (Wildman–Crippen LogP) is 7.29. The van der Waals surface area contributed by atoms with Crippen LogP contribution in [-0.2, 0) is 82.9 Å². The molecular formula is C76H105N7O23. The molecule has 2 saturated heterocycles. The van der Waals surface area contributed by atoms with Gasteiger partial charge in [-0.2, -0.15) is 0 Å². The maximum atomic E-state index is 16.7. The fourth-order valence-corrected chi connectivity index (χ4v) is 14.9. The molecule has 30 heteroatoms. The Hall–Kier alpha value is -9.29. The Kier molecular flexibility index (Phi) is 27.3. The van der Waals surface area contributed by atoms with Crippen molar-refractivity contribution in [2.45, 2.75) is 233 Å². The number of ether oxygens (including phenoxy) is 8. The number of amides is 8. The van der Waals surface area contributed by atoms with Crippen molar-refractivity contribution in [2.24, 2.45) is 40.2 Å². The average molecular weight is 1480 g/mol. The maximum Gasteiger partial charge on any atom is 0.508 e. The number of primary amides is 1. The van der Waals surface area contributed by atoms with Crippen molar-refractivity contribution >= 4 is 83.2 Å². The molecule has 8 amide bonds. The van der Waals surface area contributed by atoms with E-state index in [0.29, 0.717) is 36.0 Å². The van der Waals surface area contributed by atoms with Gasteiger partial charge in [0.1, 0.15) is 42.2 Å². The number of esters is 3. The minimum Gasteiger partial charge on any atom is -0.456 e. The van der Waals surface area contributed by atoms with Crippen LogP contribution in [-0.4, -0.2) is 197 Å². The molecule has 8 N–H and O–H groups in total. The number of imide groups is 1. The monoisotopic (exact) mass is 1480 g/mol. The molecule has 2 saturated carbocycles. The molecule has 5 aliphatic rings. The van der Waals surface area contributed by atoms with Crippen molar-refractivity contribution in [3.63, 3.8) is 0 Å². The van der Waals surface area contributed by atoms with Crippen LogP contribution in [0.15, 0.2) is 71.3 Å². The number of hydrogen-bond donors (Lipinski definition) is 7. The number of aryl methyl sites for hydroxylation is 1. The quantitative estimate of drug-likeness (QED) is 0.0138. The molecule has 582 valence electrons. The van der Waals surface area contributed by atoms with Crippen molar-refractivity contribution in [1.29, 1.82) is 0 Å². The Bertz CT molecular complexity index is 3740. The number of nitrogens with two attached hydrogens (primary N) is 1. The molecule has 2 aromatic carbocycles. The number of carbonyl (C=O) groups is 13. The smallest absolute Gasteiger partial charge is 0.456 e. The van der Waals surface area contributed by atoms with E-state index in [2.05, 4.69) is 21.3 Å². The Morgan fingerprint density at radius 1 is 0.877 bits per heavy atom. The third-order valence-corrected chi connectivity index (χ3v) is 20.5. The number of fused-ring (bicyclic) bond motifs is 5. The Morgan fingerprint density at radius 2 is 1.56 bits per heavy atom. The third-order valence-electron chi connectivity index (χ3n) is 20.5. The molecule has 3 aliphatic carbocycles. The Morgan fingerprint density at radius 3 is 2.13 bits per heavy atom. The lowest BCUT2D eigenvalue weighted by Crippen LogP contribution is -2.82. The fraction of sp³-hybridized carbons (Fsp3) is 0.618. The first-order chi connectivity index (χ1) is 49.4.